The summed E-state index contributed by atoms with van der Waals surface area (Å²) < 4.78 is 11.8. The van der Waals surface area contributed by atoms with E-state index in [1.807, 2.05) is 53.0 Å². The Labute approximate surface area is 403 Å². The fourth-order valence-corrected chi connectivity index (χ4v) is 13.2. The first kappa shape index (κ1) is 38.5. The number of rotatable bonds is 5. The summed E-state index contributed by atoms with van der Waals surface area (Å²) in [5.41, 5.74) is 9.12. The van der Waals surface area contributed by atoms with E-state index in [2.05, 4.69) is 182 Å². The van der Waals surface area contributed by atoms with Gasteiger partial charge in [0.05, 0.1) is 0 Å². The predicted molar refractivity (Wildman–Crippen MR) is 293 cm³/mol. The number of furan rings is 1. The number of benzene rings is 11. The zero-order chi connectivity index (χ0) is 45.2. The first-order valence-corrected chi connectivity index (χ1v) is 24.8. The maximum Gasteiger partial charge on any atom is 0.164 e. The number of aromatic nitrogens is 3. The van der Waals surface area contributed by atoms with Gasteiger partial charge in [-0.15, -0.1) is 22.7 Å². The highest BCUT2D eigenvalue weighted by molar-refractivity contribution is 7.26. The van der Waals surface area contributed by atoms with Crippen LogP contribution in [0.3, 0.4) is 0 Å². The van der Waals surface area contributed by atoms with Crippen molar-refractivity contribution >= 4 is 117 Å². The molecular formula is C63H35N3OS2. The summed E-state index contributed by atoms with van der Waals surface area (Å²) in [6, 6.07) is 76.1. The molecular weight excluding hydrogens is 879 g/mol. The SMILES string of the molecule is c1ccc(-c2nc(-c3ccc4c5ccccc5c5ccccc5c4c3)nc(-c3cccc4oc5ccc(-c6ccc(-c7ccc8c(c7)sc7ccccc78)c7sc8ccccc8c67)cc5c34)n2)cc1. The van der Waals surface area contributed by atoms with Gasteiger partial charge in [-0.1, -0.05) is 170 Å². The lowest BCUT2D eigenvalue weighted by Crippen LogP contribution is -2.00. The van der Waals surface area contributed by atoms with Gasteiger partial charge in [0, 0.05) is 67.8 Å². The first-order chi connectivity index (χ1) is 34.2. The second-order valence-electron chi connectivity index (χ2n) is 17.8. The van der Waals surface area contributed by atoms with Crippen LogP contribution in [-0.2, 0) is 0 Å². The number of hydrogen-bond donors (Lipinski definition) is 0. The summed E-state index contributed by atoms with van der Waals surface area (Å²) in [6.45, 7) is 0. The molecule has 0 aliphatic carbocycles. The van der Waals surface area contributed by atoms with Crippen LogP contribution in [0.4, 0.5) is 0 Å². The average molecular weight is 914 g/mol. The van der Waals surface area contributed by atoms with Crippen LogP contribution in [-0.4, -0.2) is 15.0 Å². The second kappa shape index (κ2) is 15.0. The summed E-state index contributed by atoms with van der Waals surface area (Å²) >= 11 is 3.74. The zero-order valence-electron chi connectivity index (χ0n) is 36.8. The average Bonchev–Trinajstić information content (AvgIpc) is 4.12. The summed E-state index contributed by atoms with van der Waals surface area (Å²) in [5, 5.41) is 14.4. The molecule has 0 amide bonds. The van der Waals surface area contributed by atoms with Gasteiger partial charge in [0.25, 0.3) is 0 Å². The molecule has 320 valence electrons. The molecule has 0 atom stereocenters. The molecule has 11 aromatic carbocycles. The Morgan fingerprint density at radius 3 is 1.61 bits per heavy atom. The van der Waals surface area contributed by atoms with Crippen molar-refractivity contribution in [3.63, 3.8) is 0 Å². The molecule has 0 unspecified atom stereocenters. The Hall–Kier alpha value is -8.55. The van der Waals surface area contributed by atoms with Crippen molar-refractivity contribution in [3.05, 3.63) is 212 Å². The molecule has 0 radical (unpaired) electrons. The number of hydrogen-bond acceptors (Lipinski definition) is 6. The minimum atomic E-state index is 0.590. The van der Waals surface area contributed by atoms with Crippen molar-refractivity contribution in [1.82, 2.24) is 15.0 Å². The molecule has 15 rings (SSSR count). The minimum absolute atomic E-state index is 0.590. The number of thiophene rings is 2. The van der Waals surface area contributed by atoms with Gasteiger partial charge in [0.2, 0.25) is 0 Å². The molecule has 0 saturated carbocycles. The lowest BCUT2D eigenvalue weighted by molar-refractivity contribution is 0.669. The third-order valence-corrected chi connectivity index (χ3v) is 16.3. The van der Waals surface area contributed by atoms with E-state index in [0.29, 0.717) is 17.5 Å². The number of fused-ring (bicyclic) bond motifs is 15. The smallest absolute Gasteiger partial charge is 0.164 e. The van der Waals surface area contributed by atoms with Crippen LogP contribution in [0.2, 0.25) is 0 Å². The van der Waals surface area contributed by atoms with Crippen LogP contribution in [0.1, 0.15) is 0 Å². The highest BCUT2D eigenvalue weighted by Gasteiger charge is 2.21. The Morgan fingerprint density at radius 2 is 0.826 bits per heavy atom. The molecule has 0 saturated heterocycles. The molecule has 0 fully saturated rings. The quantitative estimate of drug-likeness (QED) is 0.161. The maximum atomic E-state index is 6.67. The van der Waals surface area contributed by atoms with E-state index in [1.54, 1.807) is 0 Å². The zero-order valence-corrected chi connectivity index (χ0v) is 38.4. The van der Waals surface area contributed by atoms with Crippen molar-refractivity contribution in [1.29, 1.82) is 0 Å². The van der Waals surface area contributed by atoms with E-state index in [-0.39, 0.29) is 0 Å². The Kier molecular flexibility index (Phi) is 8.37. The van der Waals surface area contributed by atoms with Gasteiger partial charge in [0.15, 0.2) is 17.5 Å². The van der Waals surface area contributed by atoms with E-state index in [4.69, 9.17) is 19.4 Å². The Bertz CT molecular complexity index is 4590. The van der Waals surface area contributed by atoms with E-state index in [1.165, 1.54) is 89.4 Å². The molecule has 0 bridgehead atoms. The molecule has 0 N–H and O–H groups in total. The third-order valence-electron chi connectivity index (χ3n) is 13.9. The van der Waals surface area contributed by atoms with Crippen molar-refractivity contribution < 1.29 is 4.42 Å². The van der Waals surface area contributed by atoms with Crippen LogP contribution in [0.5, 0.6) is 0 Å². The van der Waals surface area contributed by atoms with Crippen molar-refractivity contribution in [3.8, 4) is 56.4 Å². The molecule has 15 aromatic rings. The van der Waals surface area contributed by atoms with Crippen LogP contribution in [0.25, 0.3) is 151 Å². The molecule has 4 heterocycles. The van der Waals surface area contributed by atoms with Crippen molar-refractivity contribution in [2.75, 3.05) is 0 Å². The third kappa shape index (κ3) is 5.96. The lowest BCUT2D eigenvalue weighted by atomic mass is 9.93. The minimum Gasteiger partial charge on any atom is -0.456 e. The van der Waals surface area contributed by atoms with Gasteiger partial charge in [-0.2, -0.15) is 0 Å². The van der Waals surface area contributed by atoms with E-state index in [0.717, 1.165) is 44.2 Å². The van der Waals surface area contributed by atoms with Gasteiger partial charge < -0.3 is 4.42 Å². The standard InChI is InChI=1S/C63H35N3OS2/c1-2-13-36(14-3-1)61-64-62(39-26-28-46-44-17-5-4-15-42(44)43-16-6-7-18-45(43)51(46)34-39)66-63(65-61)50-21-12-22-54-58(50)52-33-37(27-32-53(52)67-54)40-30-31-41(60-59(40)49-20-9-11-24-56(49)69-60)38-25-29-48-47-19-8-10-23-55(47)68-57(48)35-38/h1-35H. The summed E-state index contributed by atoms with van der Waals surface area (Å²) in [5.74, 6) is 1.82. The van der Waals surface area contributed by atoms with E-state index < -0.39 is 0 Å². The highest BCUT2D eigenvalue weighted by atomic mass is 32.1. The summed E-state index contributed by atoms with van der Waals surface area (Å²) in [4.78, 5) is 15.8. The summed E-state index contributed by atoms with van der Waals surface area (Å²) in [6.07, 6.45) is 0. The predicted octanol–water partition coefficient (Wildman–Crippen LogP) is 18.3. The van der Waals surface area contributed by atoms with E-state index >= 15 is 0 Å². The first-order valence-electron chi connectivity index (χ1n) is 23.2. The number of nitrogens with zero attached hydrogens (tertiary/aromatic N) is 3. The molecule has 69 heavy (non-hydrogen) atoms. The summed E-state index contributed by atoms with van der Waals surface area (Å²) in [7, 11) is 0. The van der Waals surface area contributed by atoms with Crippen LogP contribution < -0.4 is 0 Å². The fourth-order valence-electron chi connectivity index (χ4n) is 10.8. The fraction of sp³-hybridized carbons (Fsp3) is 0. The van der Waals surface area contributed by atoms with Crippen molar-refractivity contribution in [2.45, 2.75) is 0 Å². The van der Waals surface area contributed by atoms with Gasteiger partial charge in [-0.3, -0.25) is 0 Å². The van der Waals surface area contributed by atoms with Gasteiger partial charge >= 0.3 is 0 Å². The Balaban J connectivity index is 0.918. The Morgan fingerprint density at radius 1 is 0.275 bits per heavy atom. The lowest BCUT2D eigenvalue weighted by Gasteiger charge is -2.13. The van der Waals surface area contributed by atoms with Gasteiger partial charge in [0.1, 0.15) is 11.2 Å². The molecule has 6 heteroatoms. The highest BCUT2D eigenvalue weighted by Crippen LogP contribution is 2.48. The van der Waals surface area contributed by atoms with Gasteiger partial charge in [-0.25, -0.2) is 15.0 Å². The molecule has 0 aliphatic heterocycles. The largest absolute Gasteiger partial charge is 0.456 e. The molecule has 4 aromatic heterocycles. The molecule has 0 aliphatic rings. The second-order valence-corrected chi connectivity index (χ2v) is 19.9. The van der Waals surface area contributed by atoms with E-state index in [9.17, 15) is 0 Å². The van der Waals surface area contributed by atoms with Crippen LogP contribution >= 0.6 is 22.7 Å². The maximum absolute atomic E-state index is 6.67. The topological polar surface area (TPSA) is 51.8 Å². The van der Waals surface area contributed by atoms with Crippen molar-refractivity contribution in [2.24, 2.45) is 0 Å². The normalized spacial score (nSPS) is 12.1. The monoisotopic (exact) mass is 913 g/mol. The van der Waals surface area contributed by atoms with Crippen LogP contribution in [0.15, 0.2) is 217 Å². The van der Waals surface area contributed by atoms with Gasteiger partial charge in [-0.05, 0) is 97.0 Å². The van der Waals surface area contributed by atoms with Crippen LogP contribution in [0, 0.1) is 0 Å². The molecule has 0 spiro atoms. The molecule has 4 nitrogen and oxygen atoms in total.